The van der Waals surface area contributed by atoms with Crippen molar-refractivity contribution in [2.45, 2.75) is 206 Å². The van der Waals surface area contributed by atoms with Crippen LogP contribution in [0.15, 0.2) is 12.2 Å². The van der Waals surface area contributed by atoms with Crippen molar-refractivity contribution < 1.29 is 32.9 Å². The predicted octanol–water partition coefficient (Wildman–Crippen LogP) is 10.6. The number of phosphoric acid groups is 1. The number of hydrogen-bond acceptors (Lipinski definition) is 6. The van der Waals surface area contributed by atoms with Gasteiger partial charge in [-0.15, -0.1) is 0 Å². The number of carbonyl (C=O) groups excluding carboxylic acids is 1. The number of quaternary nitrogens is 1. The van der Waals surface area contributed by atoms with Crippen LogP contribution < -0.4 is 10.2 Å². The fourth-order valence-corrected chi connectivity index (χ4v) is 6.80. The minimum atomic E-state index is -4.56. The topological polar surface area (TPSA) is 108 Å². The quantitative estimate of drug-likeness (QED) is 0.0283. The van der Waals surface area contributed by atoms with Crippen LogP contribution in [0, 0.1) is 0 Å². The number of phosphoric ester groups is 1. The number of allylic oxidation sites excluding steroid dienone is 2. The number of carbonyl (C=O) groups is 1. The second-order valence-electron chi connectivity index (χ2n) is 15.7. The third kappa shape index (κ3) is 35.6. The van der Waals surface area contributed by atoms with Crippen LogP contribution in [-0.2, 0) is 18.4 Å². The fourth-order valence-electron chi connectivity index (χ4n) is 6.08. The van der Waals surface area contributed by atoms with Crippen molar-refractivity contribution in [1.82, 2.24) is 5.32 Å². The van der Waals surface area contributed by atoms with E-state index in [1.165, 1.54) is 116 Å². The molecule has 0 aromatic carbocycles. The Morgan fingerprint density at radius 2 is 1.12 bits per heavy atom. The van der Waals surface area contributed by atoms with E-state index >= 15 is 0 Å². The highest BCUT2D eigenvalue weighted by Crippen LogP contribution is 2.38. The van der Waals surface area contributed by atoms with Crippen molar-refractivity contribution in [1.29, 1.82) is 0 Å². The van der Waals surface area contributed by atoms with Gasteiger partial charge < -0.3 is 28.8 Å². The molecule has 0 rings (SSSR count). The molecule has 2 N–H and O–H groups in total. The average molecular weight is 731 g/mol. The van der Waals surface area contributed by atoms with Crippen LogP contribution in [0.2, 0.25) is 0 Å². The maximum atomic E-state index is 12.8. The smallest absolute Gasteiger partial charge is 0.268 e. The number of likely N-dealkylation sites (N-methyl/N-ethyl adjacent to an activating group) is 1. The molecule has 9 heteroatoms. The van der Waals surface area contributed by atoms with Crippen molar-refractivity contribution in [2.24, 2.45) is 0 Å². The highest BCUT2D eigenvalue weighted by atomic mass is 31.2. The first-order valence-electron chi connectivity index (χ1n) is 21.0. The molecule has 3 atom stereocenters. The Kier molecular flexibility index (Phi) is 33.5. The Morgan fingerprint density at radius 1 is 0.680 bits per heavy atom. The van der Waals surface area contributed by atoms with Gasteiger partial charge >= 0.3 is 0 Å². The van der Waals surface area contributed by atoms with Crippen LogP contribution in [0.25, 0.3) is 0 Å². The van der Waals surface area contributed by atoms with Gasteiger partial charge in [-0.3, -0.25) is 9.36 Å². The van der Waals surface area contributed by atoms with Gasteiger partial charge in [0.1, 0.15) is 13.2 Å². The third-order valence-electron chi connectivity index (χ3n) is 9.50. The largest absolute Gasteiger partial charge is 0.756 e. The van der Waals surface area contributed by atoms with E-state index in [9.17, 15) is 19.4 Å². The lowest BCUT2D eigenvalue weighted by Gasteiger charge is -2.30. The van der Waals surface area contributed by atoms with E-state index < -0.39 is 20.0 Å². The van der Waals surface area contributed by atoms with Crippen molar-refractivity contribution in [2.75, 3.05) is 40.9 Å². The Labute approximate surface area is 310 Å². The first kappa shape index (κ1) is 49.2. The number of amides is 1. The SMILES string of the molecule is CCCC/C=C\CCCCCCCC(=O)NC(COP(=O)([O-])OCC[N+](C)(C)C)C(O)CCCCCCCCCCCCCCCCCCC. The third-order valence-corrected chi connectivity index (χ3v) is 10.5. The summed E-state index contributed by atoms with van der Waals surface area (Å²) in [7, 11) is 1.30. The van der Waals surface area contributed by atoms with Gasteiger partial charge in [-0.05, 0) is 32.1 Å². The molecule has 0 fully saturated rings. The monoisotopic (exact) mass is 731 g/mol. The molecule has 0 heterocycles. The summed E-state index contributed by atoms with van der Waals surface area (Å²) in [6.45, 7) is 4.67. The van der Waals surface area contributed by atoms with E-state index in [4.69, 9.17) is 9.05 Å². The Morgan fingerprint density at radius 3 is 1.62 bits per heavy atom. The minimum absolute atomic E-state index is 0.0122. The summed E-state index contributed by atoms with van der Waals surface area (Å²) >= 11 is 0. The van der Waals surface area contributed by atoms with Crippen LogP contribution in [0.3, 0.4) is 0 Å². The van der Waals surface area contributed by atoms with Crippen LogP contribution in [-0.4, -0.2) is 68.5 Å². The highest BCUT2D eigenvalue weighted by molar-refractivity contribution is 7.45. The molecule has 0 aliphatic heterocycles. The summed E-state index contributed by atoms with van der Waals surface area (Å²) in [5, 5.41) is 13.9. The molecule has 0 aliphatic rings. The van der Waals surface area contributed by atoms with Crippen LogP contribution in [0.5, 0.6) is 0 Å². The zero-order valence-electron chi connectivity index (χ0n) is 33.6. The van der Waals surface area contributed by atoms with E-state index in [-0.39, 0.29) is 19.1 Å². The van der Waals surface area contributed by atoms with Gasteiger partial charge in [-0.1, -0.05) is 167 Å². The summed E-state index contributed by atoms with van der Waals surface area (Å²) in [5.74, 6) is -0.175. The predicted molar refractivity (Wildman–Crippen MR) is 210 cm³/mol. The maximum Gasteiger partial charge on any atom is 0.268 e. The molecule has 1 amide bonds. The van der Waals surface area contributed by atoms with Crippen molar-refractivity contribution in [3.05, 3.63) is 12.2 Å². The molecular weight excluding hydrogens is 647 g/mol. The summed E-state index contributed by atoms with van der Waals surface area (Å²) in [5.41, 5.74) is 0. The number of unbranched alkanes of at least 4 members (excludes halogenated alkanes) is 23. The first-order chi connectivity index (χ1) is 24.0. The van der Waals surface area contributed by atoms with Gasteiger partial charge in [-0.2, -0.15) is 0 Å². The molecule has 50 heavy (non-hydrogen) atoms. The fraction of sp³-hybridized carbons (Fsp3) is 0.927. The molecule has 0 saturated carbocycles. The van der Waals surface area contributed by atoms with Crippen LogP contribution in [0.4, 0.5) is 0 Å². The zero-order valence-corrected chi connectivity index (χ0v) is 34.5. The van der Waals surface area contributed by atoms with Gasteiger partial charge in [-0.25, -0.2) is 0 Å². The molecule has 0 bridgehead atoms. The van der Waals surface area contributed by atoms with Crippen molar-refractivity contribution in [3.63, 3.8) is 0 Å². The summed E-state index contributed by atoms with van der Waals surface area (Å²) < 4.78 is 23.2. The molecule has 0 radical (unpaired) electrons. The minimum Gasteiger partial charge on any atom is -0.756 e. The normalized spacial score (nSPS) is 14.6. The lowest BCUT2D eigenvalue weighted by molar-refractivity contribution is -0.870. The van der Waals surface area contributed by atoms with Crippen LogP contribution in [0.1, 0.15) is 194 Å². The second kappa shape index (κ2) is 34.0. The Hall–Kier alpha value is -0.760. The molecule has 0 aliphatic carbocycles. The van der Waals surface area contributed by atoms with Crippen molar-refractivity contribution in [3.8, 4) is 0 Å². The van der Waals surface area contributed by atoms with Gasteiger partial charge in [0.25, 0.3) is 7.82 Å². The molecular formula is C41H83N2O6P. The maximum absolute atomic E-state index is 12.8. The summed E-state index contributed by atoms with van der Waals surface area (Å²) in [6, 6.07) is -0.799. The number of nitrogens with one attached hydrogen (secondary N) is 1. The number of rotatable bonds is 38. The van der Waals surface area contributed by atoms with Crippen LogP contribution >= 0.6 is 7.82 Å². The summed E-state index contributed by atoms with van der Waals surface area (Å²) in [6.07, 6.45) is 36.4. The zero-order chi connectivity index (χ0) is 37.2. The van der Waals surface area contributed by atoms with Gasteiger partial charge in [0, 0.05) is 6.42 Å². The molecule has 0 spiro atoms. The molecule has 0 saturated heterocycles. The van der Waals surface area contributed by atoms with Gasteiger partial charge in [0.2, 0.25) is 5.91 Å². The Bertz CT molecular complexity index is 834. The summed E-state index contributed by atoms with van der Waals surface area (Å²) in [4.78, 5) is 25.2. The lowest BCUT2D eigenvalue weighted by atomic mass is 10.0. The lowest BCUT2D eigenvalue weighted by Crippen LogP contribution is -2.46. The van der Waals surface area contributed by atoms with Gasteiger partial charge in [0.15, 0.2) is 0 Å². The molecule has 298 valence electrons. The average Bonchev–Trinajstić information content (AvgIpc) is 3.06. The number of aliphatic hydroxyl groups is 1. The standard InChI is InChI=1S/C41H83N2O6P/c1-6-8-10-12-14-16-18-19-20-21-22-23-25-26-28-30-32-34-40(44)39(38-49-50(46,47)48-37-36-43(3,4)5)42-41(45)35-33-31-29-27-24-17-15-13-11-9-7-2/h13,15,39-40,44H,6-12,14,16-38H2,1-5H3,(H-,42,45,46,47)/b15-13-. The molecule has 0 aromatic heterocycles. The van der Waals surface area contributed by atoms with E-state index in [0.717, 1.165) is 51.4 Å². The van der Waals surface area contributed by atoms with E-state index in [1.807, 2.05) is 21.1 Å². The number of nitrogens with zero attached hydrogens (tertiary/aromatic N) is 1. The highest BCUT2D eigenvalue weighted by Gasteiger charge is 2.24. The molecule has 0 aromatic rings. The first-order valence-corrected chi connectivity index (χ1v) is 22.5. The van der Waals surface area contributed by atoms with E-state index in [2.05, 4.69) is 31.3 Å². The number of hydrogen-bond donors (Lipinski definition) is 2. The Balaban J connectivity index is 4.37. The molecule has 8 nitrogen and oxygen atoms in total. The van der Waals surface area contributed by atoms with E-state index in [1.54, 1.807) is 0 Å². The number of aliphatic hydroxyl groups excluding tert-OH is 1. The second-order valence-corrected chi connectivity index (χ2v) is 17.1. The molecule has 3 unspecified atom stereocenters. The van der Waals surface area contributed by atoms with Crippen molar-refractivity contribution >= 4 is 13.7 Å². The van der Waals surface area contributed by atoms with E-state index in [0.29, 0.717) is 23.9 Å². The van der Waals surface area contributed by atoms with Gasteiger partial charge in [0.05, 0.1) is 39.9 Å².